The van der Waals surface area contributed by atoms with E-state index in [0.29, 0.717) is 12.8 Å². The van der Waals surface area contributed by atoms with Crippen molar-refractivity contribution in [2.45, 2.75) is 231 Å². The first-order valence-corrected chi connectivity index (χ1v) is 25.4. The summed E-state index contributed by atoms with van der Waals surface area (Å²) in [5.74, 6) is -1.14. The Morgan fingerprint density at radius 1 is 0.710 bits per heavy atom. The molecule has 1 unspecified atom stereocenters. The van der Waals surface area contributed by atoms with Crippen molar-refractivity contribution >= 4 is 41.3 Å². The lowest BCUT2D eigenvalue weighted by molar-refractivity contribution is -0.157. The standard InChI is InChI=1S/C46H83N5O10S/c1-4-7-10-13-16-19-22-25-28-40(53)47-37(45(58)48-39-31-51(50-49-39)46-44(57)43(56)38(32-52)61-46)35-62-34-36(60-42(55)30-27-24-21-18-15-12-9-6-3)33-59-41(54)29-26-23-20-17-14-11-8-5-2/h31,36-38,43-44,46,52,56-57H,4-30,32-35H2,1-3H3,(H,47,53)(H,48,58)/t36-,37-,38?,43-,44+,46+/m1/s1. The average Bonchev–Trinajstić information content (AvgIpc) is 3.84. The Morgan fingerprint density at radius 2 is 1.21 bits per heavy atom. The van der Waals surface area contributed by atoms with Crippen LogP contribution in [0.4, 0.5) is 5.82 Å². The minimum absolute atomic E-state index is 0.0243. The number of aromatic nitrogens is 3. The molecule has 0 spiro atoms. The number of anilines is 1. The van der Waals surface area contributed by atoms with Crippen molar-refractivity contribution < 1.29 is 48.7 Å². The molecule has 0 saturated carbocycles. The number of rotatable bonds is 39. The van der Waals surface area contributed by atoms with Crippen LogP contribution in [0.2, 0.25) is 0 Å². The summed E-state index contributed by atoms with van der Waals surface area (Å²) in [5.41, 5.74) is 0. The molecule has 1 aliphatic heterocycles. The molecule has 2 rings (SSSR count). The number of aliphatic hydroxyl groups is 3. The zero-order chi connectivity index (χ0) is 45.2. The molecule has 358 valence electrons. The highest BCUT2D eigenvalue weighted by Gasteiger charge is 2.44. The smallest absolute Gasteiger partial charge is 0.306 e. The van der Waals surface area contributed by atoms with Crippen LogP contribution in [0.1, 0.15) is 200 Å². The van der Waals surface area contributed by atoms with E-state index in [9.17, 15) is 34.5 Å². The van der Waals surface area contributed by atoms with E-state index < -0.39 is 49.2 Å². The lowest BCUT2D eigenvalue weighted by Gasteiger charge is -2.21. The number of nitrogens with zero attached hydrogens (tertiary/aromatic N) is 3. The quantitative estimate of drug-likeness (QED) is 0.0313. The normalized spacial score (nSPS) is 18.4. The van der Waals surface area contributed by atoms with Crippen molar-refractivity contribution in [3.8, 4) is 0 Å². The van der Waals surface area contributed by atoms with Crippen molar-refractivity contribution in [3.63, 3.8) is 0 Å². The summed E-state index contributed by atoms with van der Waals surface area (Å²) in [6.07, 6.45) is 22.8. The molecule has 5 N–H and O–H groups in total. The van der Waals surface area contributed by atoms with Crippen molar-refractivity contribution in [2.75, 3.05) is 30.0 Å². The molecule has 1 aliphatic rings. The van der Waals surface area contributed by atoms with E-state index in [1.165, 1.54) is 101 Å². The van der Waals surface area contributed by atoms with Gasteiger partial charge in [0.05, 0.1) is 12.8 Å². The van der Waals surface area contributed by atoms with Crippen LogP contribution in [0.3, 0.4) is 0 Å². The molecular weight excluding hydrogens is 815 g/mol. The van der Waals surface area contributed by atoms with Gasteiger partial charge in [0.1, 0.15) is 37.1 Å². The Morgan fingerprint density at radius 3 is 1.73 bits per heavy atom. The van der Waals surface area contributed by atoms with E-state index in [-0.39, 0.29) is 54.6 Å². The number of unbranched alkanes of at least 4 members (excludes halogenated alkanes) is 21. The molecule has 2 amide bonds. The zero-order valence-electron chi connectivity index (χ0n) is 38.4. The molecule has 1 saturated heterocycles. The molecule has 0 radical (unpaired) electrons. The summed E-state index contributed by atoms with van der Waals surface area (Å²) in [6.45, 7) is 5.98. The molecular formula is C46H83N5O10S. The molecule has 0 aliphatic carbocycles. The number of hydrogen-bond donors (Lipinski definition) is 5. The molecule has 1 aromatic heterocycles. The van der Waals surface area contributed by atoms with Gasteiger partial charge < -0.3 is 40.2 Å². The van der Waals surface area contributed by atoms with Gasteiger partial charge in [-0.1, -0.05) is 161 Å². The molecule has 1 aromatic rings. The van der Waals surface area contributed by atoms with E-state index in [2.05, 4.69) is 41.7 Å². The van der Waals surface area contributed by atoms with Gasteiger partial charge >= 0.3 is 11.9 Å². The van der Waals surface area contributed by atoms with Crippen LogP contribution in [-0.4, -0.2) is 109 Å². The molecule has 15 nitrogen and oxygen atoms in total. The van der Waals surface area contributed by atoms with Crippen LogP contribution in [0.15, 0.2) is 6.20 Å². The fourth-order valence-corrected chi connectivity index (χ4v) is 8.42. The maximum Gasteiger partial charge on any atom is 0.306 e. The molecule has 6 atom stereocenters. The van der Waals surface area contributed by atoms with E-state index >= 15 is 0 Å². The number of carbonyl (C=O) groups is 4. The van der Waals surface area contributed by atoms with Gasteiger partial charge in [0.25, 0.3) is 0 Å². The summed E-state index contributed by atoms with van der Waals surface area (Å²) in [5, 5.41) is 43.5. The monoisotopic (exact) mass is 898 g/mol. The summed E-state index contributed by atoms with van der Waals surface area (Å²) in [6, 6.07) is -1.00. The van der Waals surface area contributed by atoms with Crippen LogP contribution in [0, 0.1) is 0 Å². The number of carbonyl (C=O) groups excluding carboxylic acids is 4. The van der Waals surface area contributed by atoms with Crippen molar-refractivity contribution in [1.82, 2.24) is 20.3 Å². The Kier molecular flexibility index (Phi) is 31.7. The van der Waals surface area contributed by atoms with Gasteiger partial charge in [-0.15, -0.1) is 5.10 Å². The summed E-state index contributed by atoms with van der Waals surface area (Å²) < 4.78 is 18.1. The minimum atomic E-state index is -1.39. The van der Waals surface area contributed by atoms with Gasteiger partial charge in [-0.05, 0) is 19.3 Å². The van der Waals surface area contributed by atoms with Crippen LogP contribution in [0.5, 0.6) is 0 Å². The Labute approximate surface area is 376 Å². The number of thioether (sulfide) groups is 1. The predicted molar refractivity (Wildman–Crippen MR) is 243 cm³/mol. The zero-order valence-corrected chi connectivity index (χ0v) is 39.2. The molecule has 1 fully saturated rings. The maximum absolute atomic E-state index is 13.7. The largest absolute Gasteiger partial charge is 0.462 e. The number of ether oxygens (including phenoxy) is 3. The molecule has 62 heavy (non-hydrogen) atoms. The van der Waals surface area contributed by atoms with Crippen LogP contribution < -0.4 is 10.6 Å². The first-order valence-electron chi connectivity index (χ1n) is 24.2. The first kappa shape index (κ1) is 55.3. The molecule has 0 aromatic carbocycles. The maximum atomic E-state index is 13.7. The van der Waals surface area contributed by atoms with Gasteiger partial charge in [0.2, 0.25) is 11.8 Å². The van der Waals surface area contributed by atoms with Gasteiger partial charge in [-0.2, -0.15) is 11.8 Å². The van der Waals surface area contributed by atoms with Crippen LogP contribution >= 0.6 is 11.8 Å². The van der Waals surface area contributed by atoms with Crippen molar-refractivity contribution in [1.29, 1.82) is 0 Å². The number of aliphatic hydroxyl groups excluding tert-OH is 3. The fourth-order valence-electron chi connectivity index (χ4n) is 7.38. The summed E-state index contributed by atoms with van der Waals surface area (Å²) in [4.78, 5) is 52.6. The second kappa shape index (κ2) is 35.5. The predicted octanol–water partition coefficient (Wildman–Crippen LogP) is 8.09. The SMILES string of the molecule is CCCCCCCCCCC(=O)N[C@H](CSC[C@@H](COC(=O)CCCCCCCCCC)OC(=O)CCCCCCCCCC)C(=O)Nc1cn([C@H]2OC(CO)[C@@H](O)[C@@H]2O)nn1. The molecule has 2 heterocycles. The van der Waals surface area contributed by atoms with Crippen LogP contribution in [0.25, 0.3) is 0 Å². The third kappa shape index (κ3) is 24.9. The van der Waals surface area contributed by atoms with Crippen molar-refractivity contribution in [2.24, 2.45) is 0 Å². The lowest BCUT2D eigenvalue weighted by Crippen LogP contribution is -2.45. The van der Waals surface area contributed by atoms with Gasteiger partial charge in [0.15, 0.2) is 12.0 Å². The van der Waals surface area contributed by atoms with E-state index in [1.807, 2.05) is 0 Å². The number of nitrogens with one attached hydrogen (secondary N) is 2. The highest BCUT2D eigenvalue weighted by molar-refractivity contribution is 7.99. The minimum Gasteiger partial charge on any atom is -0.462 e. The highest BCUT2D eigenvalue weighted by atomic mass is 32.2. The summed E-state index contributed by atoms with van der Waals surface area (Å²) in [7, 11) is 0. The van der Waals surface area contributed by atoms with Crippen LogP contribution in [-0.2, 0) is 33.4 Å². The average molecular weight is 898 g/mol. The van der Waals surface area contributed by atoms with E-state index in [0.717, 1.165) is 68.9 Å². The Hall–Kier alpha value is -2.79. The van der Waals surface area contributed by atoms with E-state index in [1.54, 1.807) is 0 Å². The second-order valence-corrected chi connectivity index (χ2v) is 18.0. The second-order valence-electron chi connectivity index (χ2n) is 16.9. The third-order valence-electron chi connectivity index (χ3n) is 11.2. The number of hydrogen-bond acceptors (Lipinski definition) is 13. The fraction of sp³-hybridized carbons (Fsp3) is 0.870. The lowest BCUT2D eigenvalue weighted by atomic mass is 10.1. The van der Waals surface area contributed by atoms with Gasteiger partial charge in [-0.3, -0.25) is 19.2 Å². The van der Waals surface area contributed by atoms with Gasteiger partial charge in [0, 0.05) is 30.8 Å². The topological polar surface area (TPSA) is 211 Å². The van der Waals surface area contributed by atoms with Gasteiger partial charge in [-0.25, -0.2) is 4.68 Å². The highest BCUT2D eigenvalue weighted by Crippen LogP contribution is 2.29. The Balaban J connectivity index is 2.03. The first-order chi connectivity index (χ1) is 30.1. The van der Waals surface area contributed by atoms with Crippen molar-refractivity contribution in [3.05, 3.63) is 6.20 Å². The number of amides is 2. The Bertz CT molecular complexity index is 1340. The molecule has 16 heteroatoms. The summed E-state index contributed by atoms with van der Waals surface area (Å²) >= 11 is 1.30. The van der Waals surface area contributed by atoms with E-state index in [4.69, 9.17) is 14.2 Å². The third-order valence-corrected chi connectivity index (χ3v) is 12.4. The number of esters is 2. The molecule has 0 bridgehead atoms.